The molecule has 0 fully saturated rings. The lowest BCUT2D eigenvalue weighted by atomic mass is 9.68. The number of nitriles is 1. The summed E-state index contributed by atoms with van der Waals surface area (Å²) in [5, 5.41) is 23.2. The molecule has 0 aromatic heterocycles. The first kappa shape index (κ1) is 29.4. The number of nitro benzene ring substituents is 1. The van der Waals surface area contributed by atoms with Crippen molar-refractivity contribution >= 4 is 40.5 Å². The Hall–Kier alpha value is -4.06. The van der Waals surface area contributed by atoms with Crippen LogP contribution in [0.1, 0.15) is 54.9 Å². The second-order valence-corrected chi connectivity index (χ2v) is 13.1. The molecule has 214 valence electrons. The van der Waals surface area contributed by atoms with Crippen molar-refractivity contribution in [3.8, 4) is 6.07 Å². The summed E-state index contributed by atoms with van der Waals surface area (Å²) in [6.07, 6.45) is 0.774. The number of halogens is 1. The number of aryl methyl sites for hydroxylation is 2. The summed E-state index contributed by atoms with van der Waals surface area (Å²) >= 11 is 7.74. The fourth-order valence-corrected chi connectivity index (χ4v) is 7.06. The lowest BCUT2D eigenvalue weighted by Crippen LogP contribution is -2.42. The van der Waals surface area contributed by atoms with E-state index in [2.05, 4.69) is 25.1 Å². The lowest BCUT2D eigenvalue weighted by Gasteiger charge is -2.43. The summed E-state index contributed by atoms with van der Waals surface area (Å²) in [4.78, 5) is 28.2. The molecule has 0 spiro atoms. The first-order chi connectivity index (χ1) is 19.9. The Morgan fingerprint density at radius 1 is 1.12 bits per heavy atom. The maximum absolute atomic E-state index is 14.0. The summed E-state index contributed by atoms with van der Waals surface area (Å²) in [7, 11) is 0. The Bertz CT molecular complexity index is 1720. The molecule has 42 heavy (non-hydrogen) atoms. The van der Waals surface area contributed by atoms with Gasteiger partial charge in [0, 0.05) is 39.4 Å². The van der Waals surface area contributed by atoms with Gasteiger partial charge in [-0.25, -0.2) is 0 Å². The van der Waals surface area contributed by atoms with E-state index < -0.39 is 16.3 Å². The zero-order chi connectivity index (χ0) is 30.3. The van der Waals surface area contributed by atoms with Crippen molar-refractivity contribution in [3.63, 3.8) is 0 Å². The van der Waals surface area contributed by atoms with E-state index in [1.807, 2.05) is 45.0 Å². The SMILES string of the molecule is Cc1cc(C)c(C2C(C#N)=C(N)N(c3ccccc3[N+](=O)[O-])C3=C2C(=O)CC(C)(C)C3)cc1CSc1ccc(Cl)cc1. The number of ketones is 1. The monoisotopic (exact) mass is 598 g/mol. The normalized spacial score (nSPS) is 18.1. The van der Waals surface area contributed by atoms with Crippen LogP contribution in [0.25, 0.3) is 0 Å². The quantitative estimate of drug-likeness (QED) is 0.173. The Balaban J connectivity index is 1.69. The Labute approximate surface area is 254 Å². The van der Waals surface area contributed by atoms with E-state index in [0.29, 0.717) is 34.9 Å². The fraction of sp³-hybridized carbons (Fsp3) is 0.273. The van der Waals surface area contributed by atoms with E-state index in [9.17, 15) is 20.2 Å². The number of carbonyl (C=O) groups is 1. The number of thioether (sulfide) groups is 1. The molecule has 2 N–H and O–H groups in total. The predicted octanol–water partition coefficient (Wildman–Crippen LogP) is 8.10. The molecule has 1 heterocycles. The zero-order valence-corrected chi connectivity index (χ0v) is 25.5. The average Bonchev–Trinajstić information content (AvgIpc) is 2.92. The standard InChI is InChI=1S/C33H31ClN4O3S/c1-19-13-20(2)24(14-21(19)18-42-23-11-9-22(34)10-12-23)30-25(17-35)32(36)37(26-7-5-6-8-27(26)38(40)41)28-15-33(3,4)16-29(39)31(28)30/h5-14,30H,15-16,18,36H2,1-4H3. The fourth-order valence-electron chi connectivity index (χ4n) is 5.98. The molecular formula is C33H31ClN4O3S. The minimum atomic E-state index is -0.674. The van der Waals surface area contributed by atoms with Gasteiger partial charge in [-0.2, -0.15) is 5.26 Å². The molecule has 1 unspecified atom stereocenters. The van der Waals surface area contributed by atoms with Crippen molar-refractivity contribution < 1.29 is 9.72 Å². The van der Waals surface area contributed by atoms with Gasteiger partial charge < -0.3 is 5.73 Å². The van der Waals surface area contributed by atoms with Crippen LogP contribution in [-0.4, -0.2) is 10.7 Å². The Morgan fingerprint density at radius 2 is 1.81 bits per heavy atom. The van der Waals surface area contributed by atoms with Crippen LogP contribution in [0.15, 0.2) is 88.2 Å². The maximum Gasteiger partial charge on any atom is 0.293 e. The number of nitrogens with zero attached hydrogens (tertiary/aromatic N) is 3. The van der Waals surface area contributed by atoms with Crippen molar-refractivity contribution in [3.05, 3.63) is 121 Å². The number of para-hydroxylation sites is 2. The van der Waals surface area contributed by atoms with E-state index in [0.717, 1.165) is 27.1 Å². The first-order valence-corrected chi connectivity index (χ1v) is 15.0. The smallest absolute Gasteiger partial charge is 0.293 e. The number of anilines is 1. The third-order valence-electron chi connectivity index (χ3n) is 7.94. The van der Waals surface area contributed by atoms with Crippen molar-refractivity contribution in [2.45, 2.75) is 57.1 Å². The highest BCUT2D eigenvalue weighted by Crippen LogP contribution is 2.52. The van der Waals surface area contributed by atoms with Crippen LogP contribution < -0.4 is 10.6 Å². The summed E-state index contributed by atoms with van der Waals surface area (Å²) in [6, 6.07) is 20.4. The van der Waals surface area contributed by atoms with Crippen LogP contribution in [0.4, 0.5) is 11.4 Å². The third kappa shape index (κ3) is 5.42. The van der Waals surface area contributed by atoms with Gasteiger partial charge in [0.05, 0.1) is 22.5 Å². The Kier molecular flexibility index (Phi) is 7.93. The van der Waals surface area contributed by atoms with Gasteiger partial charge in [0.1, 0.15) is 11.5 Å². The second kappa shape index (κ2) is 11.3. The van der Waals surface area contributed by atoms with Gasteiger partial charge >= 0.3 is 0 Å². The molecule has 1 aliphatic heterocycles. The van der Waals surface area contributed by atoms with Crippen molar-refractivity contribution in [1.82, 2.24) is 0 Å². The number of hydrogen-bond acceptors (Lipinski definition) is 7. The minimum Gasteiger partial charge on any atom is -0.384 e. The molecule has 0 amide bonds. The molecule has 0 bridgehead atoms. The van der Waals surface area contributed by atoms with E-state index in [1.54, 1.807) is 34.9 Å². The summed E-state index contributed by atoms with van der Waals surface area (Å²) in [5.74, 6) is 0.0433. The van der Waals surface area contributed by atoms with Crippen molar-refractivity contribution in [2.24, 2.45) is 11.1 Å². The van der Waals surface area contributed by atoms with Crippen LogP contribution in [0.5, 0.6) is 0 Å². The highest BCUT2D eigenvalue weighted by Gasteiger charge is 2.46. The maximum atomic E-state index is 14.0. The minimum absolute atomic E-state index is 0.0767. The molecule has 1 aliphatic carbocycles. The third-order valence-corrected chi connectivity index (χ3v) is 9.26. The molecule has 3 aromatic rings. The number of carbonyl (C=O) groups excluding carboxylic acids is 1. The van der Waals surface area contributed by atoms with E-state index in [4.69, 9.17) is 17.3 Å². The van der Waals surface area contributed by atoms with Crippen molar-refractivity contribution in [2.75, 3.05) is 4.90 Å². The number of benzene rings is 3. The molecular weight excluding hydrogens is 568 g/mol. The molecule has 7 nitrogen and oxygen atoms in total. The first-order valence-electron chi connectivity index (χ1n) is 13.6. The van der Waals surface area contributed by atoms with Gasteiger partial charge in [0.15, 0.2) is 5.78 Å². The van der Waals surface area contributed by atoms with E-state index in [1.165, 1.54) is 6.07 Å². The number of Topliss-reactive ketones (excluding diaryl/α,β-unsaturated/α-hetero) is 1. The van der Waals surface area contributed by atoms with E-state index >= 15 is 0 Å². The topological polar surface area (TPSA) is 113 Å². The van der Waals surface area contributed by atoms with Gasteiger partial charge in [0.2, 0.25) is 0 Å². The summed E-state index contributed by atoms with van der Waals surface area (Å²) < 4.78 is 0. The largest absolute Gasteiger partial charge is 0.384 e. The number of nitrogens with two attached hydrogens (primary N) is 1. The van der Waals surface area contributed by atoms with Crippen LogP contribution in [0, 0.1) is 40.7 Å². The molecule has 3 aromatic carbocycles. The number of rotatable bonds is 6. The second-order valence-electron chi connectivity index (χ2n) is 11.6. The molecule has 1 atom stereocenters. The molecule has 0 radical (unpaired) electrons. The van der Waals surface area contributed by atoms with Gasteiger partial charge in [-0.05, 0) is 78.3 Å². The Morgan fingerprint density at radius 3 is 2.48 bits per heavy atom. The molecule has 0 saturated carbocycles. The predicted molar refractivity (Wildman–Crippen MR) is 167 cm³/mol. The molecule has 9 heteroatoms. The number of nitro groups is 1. The van der Waals surface area contributed by atoms with Crippen LogP contribution in [-0.2, 0) is 10.5 Å². The zero-order valence-electron chi connectivity index (χ0n) is 23.9. The van der Waals surface area contributed by atoms with Gasteiger partial charge in [-0.15, -0.1) is 11.8 Å². The van der Waals surface area contributed by atoms with Crippen LogP contribution in [0.3, 0.4) is 0 Å². The van der Waals surface area contributed by atoms with Gasteiger partial charge in [-0.1, -0.05) is 49.7 Å². The highest BCUT2D eigenvalue weighted by atomic mass is 35.5. The number of hydrogen-bond donors (Lipinski definition) is 1. The van der Waals surface area contributed by atoms with Gasteiger partial charge in [0.25, 0.3) is 5.69 Å². The summed E-state index contributed by atoms with van der Waals surface area (Å²) in [6.45, 7) is 8.05. The van der Waals surface area contributed by atoms with E-state index in [-0.39, 0.29) is 28.6 Å². The summed E-state index contributed by atoms with van der Waals surface area (Å²) in [5.41, 5.74) is 11.8. The highest BCUT2D eigenvalue weighted by molar-refractivity contribution is 7.98. The van der Waals surface area contributed by atoms with Gasteiger partial charge in [-0.3, -0.25) is 19.8 Å². The van der Waals surface area contributed by atoms with Crippen LogP contribution in [0.2, 0.25) is 5.02 Å². The molecule has 2 aliphatic rings. The van der Waals surface area contributed by atoms with Crippen LogP contribution >= 0.6 is 23.4 Å². The average molecular weight is 599 g/mol. The lowest BCUT2D eigenvalue weighted by molar-refractivity contribution is -0.384. The van der Waals surface area contributed by atoms with Crippen molar-refractivity contribution in [1.29, 1.82) is 5.26 Å². The molecule has 5 rings (SSSR count). The number of allylic oxidation sites excluding steroid dienone is 3. The molecule has 0 saturated heterocycles.